The number of nitrogens with zero attached hydrogens (tertiary/aromatic N) is 3. The second-order valence-electron chi connectivity index (χ2n) is 8.89. The van der Waals surface area contributed by atoms with Gasteiger partial charge in [-0.25, -0.2) is 9.59 Å². The summed E-state index contributed by atoms with van der Waals surface area (Å²) in [5, 5.41) is 2.99. The van der Waals surface area contributed by atoms with E-state index in [0.717, 1.165) is 5.56 Å². The molecule has 0 radical (unpaired) electrons. The van der Waals surface area contributed by atoms with Gasteiger partial charge in [-0.15, -0.1) is 0 Å². The van der Waals surface area contributed by atoms with Crippen LogP contribution in [0.3, 0.4) is 0 Å². The lowest BCUT2D eigenvalue weighted by Gasteiger charge is -2.43. The number of amides is 3. The molecule has 0 aromatic heterocycles. The van der Waals surface area contributed by atoms with Crippen LogP contribution in [0.25, 0.3) is 0 Å². The number of carbonyl (C=O) groups excluding carboxylic acids is 3. The minimum Gasteiger partial charge on any atom is -0.463 e. The van der Waals surface area contributed by atoms with Gasteiger partial charge in [-0.1, -0.05) is 44.2 Å². The summed E-state index contributed by atoms with van der Waals surface area (Å²) in [6.45, 7) is 12.7. The van der Waals surface area contributed by atoms with Crippen LogP contribution < -0.4 is 5.32 Å². The number of ether oxygens (including phenoxy) is 1. The first kappa shape index (κ1) is 24.8. The zero-order valence-electron chi connectivity index (χ0n) is 20.3. The molecule has 8 heteroatoms. The van der Waals surface area contributed by atoms with Gasteiger partial charge in [0.25, 0.3) is 0 Å². The third kappa shape index (κ3) is 5.38. The first-order chi connectivity index (χ1) is 15.8. The van der Waals surface area contributed by atoms with Crippen molar-refractivity contribution in [1.82, 2.24) is 20.0 Å². The molecule has 2 aliphatic heterocycles. The Bertz CT molecular complexity index is 899. The lowest BCUT2D eigenvalue weighted by Crippen LogP contribution is -2.57. The fourth-order valence-electron chi connectivity index (χ4n) is 4.60. The molecule has 1 aromatic rings. The van der Waals surface area contributed by atoms with Crippen LogP contribution >= 0.6 is 0 Å². The molecule has 180 valence electrons. The molecule has 8 nitrogen and oxygen atoms in total. The Labute approximate surface area is 196 Å². The number of hydrogen-bond acceptors (Lipinski definition) is 5. The summed E-state index contributed by atoms with van der Waals surface area (Å²) < 4.78 is 5.43. The molecule has 0 aliphatic carbocycles. The maximum Gasteiger partial charge on any atom is 0.338 e. The van der Waals surface area contributed by atoms with Crippen molar-refractivity contribution in [2.24, 2.45) is 5.92 Å². The van der Waals surface area contributed by atoms with Crippen molar-refractivity contribution in [2.75, 3.05) is 39.3 Å². The van der Waals surface area contributed by atoms with Crippen LogP contribution in [0.15, 0.2) is 41.6 Å². The van der Waals surface area contributed by atoms with Crippen LogP contribution in [0.5, 0.6) is 0 Å². The predicted molar refractivity (Wildman–Crippen MR) is 126 cm³/mol. The topological polar surface area (TPSA) is 82.2 Å². The number of nitrogens with one attached hydrogen (secondary N) is 1. The van der Waals surface area contributed by atoms with Crippen molar-refractivity contribution in [3.05, 3.63) is 47.2 Å². The molecule has 1 fully saturated rings. The summed E-state index contributed by atoms with van der Waals surface area (Å²) in [6.07, 6.45) is 0. The average Bonchev–Trinajstić information content (AvgIpc) is 2.79. The second kappa shape index (κ2) is 10.8. The largest absolute Gasteiger partial charge is 0.463 e. The van der Waals surface area contributed by atoms with Crippen LogP contribution in [0.1, 0.15) is 46.2 Å². The fraction of sp³-hybridized carbons (Fsp3) is 0.560. The van der Waals surface area contributed by atoms with Crippen molar-refractivity contribution in [3.8, 4) is 0 Å². The highest BCUT2D eigenvalue weighted by molar-refractivity contribution is 5.95. The maximum absolute atomic E-state index is 13.2. The molecule has 1 aromatic carbocycles. The zero-order valence-corrected chi connectivity index (χ0v) is 20.3. The number of carbonyl (C=O) groups is 3. The molecule has 0 unspecified atom stereocenters. The monoisotopic (exact) mass is 456 g/mol. The lowest BCUT2D eigenvalue weighted by molar-refractivity contribution is -0.139. The molecule has 3 rings (SSSR count). The number of esters is 1. The Morgan fingerprint density at radius 1 is 1.15 bits per heavy atom. The van der Waals surface area contributed by atoms with Crippen LogP contribution in [0.4, 0.5) is 4.79 Å². The highest BCUT2D eigenvalue weighted by atomic mass is 16.5. The van der Waals surface area contributed by atoms with Crippen molar-refractivity contribution >= 4 is 17.9 Å². The van der Waals surface area contributed by atoms with Gasteiger partial charge in [-0.2, -0.15) is 0 Å². The van der Waals surface area contributed by atoms with E-state index in [9.17, 15) is 14.4 Å². The Balaban J connectivity index is 1.95. The zero-order chi connectivity index (χ0) is 24.1. The number of likely N-dealkylation sites (N-methyl/N-ethyl adjacent to an activating group) is 1. The van der Waals surface area contributed by atoms with Gasteiger partial charge in [0.2, 0.25) is 5.91 Å². The number of urea groups is 1. The molecule has 2 atom stereocenters. The molecule has 2 heterocycles. The highest BCUT2D eigenvalue weighted by Gasteiger charge is 2.39. The maximum atomic E-state index is 13.2. The van der Waals surface area contributed by atoms with Gasteiger partial charge in [0, 0.05) is 50.4 Å². The molecule has 0 bridgehead atoms. The summed E-state index contributed by atoms with van der Waals surface area (Å²) in [7, 11) is 0. The van der Waals surface area contributed by atoms with Crippen LogP contribution in [0, 0.1) is 5.92 Å². The van der Waals surface area contributed by atoms with Gasteiger partial charge in [0.15, 0.2) is 0 Å². The van der Waals surface area contributed by atoms with Crippen LogP contribution in [-0.4, -0.2) is 78.0 Å². The number of benzene rings is 1. The van der Waals surface area contributed by atoms with Crippen LogP contribution in [-0.2, 0) is 14.3 Å². The third-order valence-electron chi connectivity index (χ3n) is 6.24. The lowest BCUT2D eigenvalue weighted by atomic mass is 9.94. The SMILES string of the molecule is CCOC(=O)C1=C(CN2CCN(C(=O)C(C)C)[C@H](C)C2)N(CC)C(=O)N[C@@H]1c1ccccc1. The molecule has 2 aliphatic rings. The van der Waals surface area contributed by atoms with E-state index in [-0.39, 0.29) is 30.5 Å². The standard InChI is InChI=1S/C25H36N4O4/c1-6-28-20(16-27-13-14-29(18(5)15-27)23(30)17(3)4)21(24(31)33-7-2)22(26-25(28)32)19-11-9-8-10-12-19/h8-12,17-18,22H,6-7,13-16H2,1-5H3,(H,26,32)/t18-,22-/m1/s1. The van der Waals surface area contributed by atoms with Gasteiger partial charge < -0.3 is 15.0 Å². The normalized spacial score (nSPS) is 21.9. The number of hydrogen-bond donors (Lipinski definition) is 1. The Morgan fingerprint density at radius 2 is 1.85 bits per heavy atom. The first-order valence-corrected chi connectivity index (χ1v) is 11.8. The highest BCUT2D eigenvalue weighted by Crippen LogP contribution is 2.32. The molecule has 1 N–H and O–H groups in total. The van der Waals surface area contributed by atoms with Crippen molar-refractivity contribution in [3.63, 3.8) is 0 Å². The Hall–Kier alpha value is -2.87. The van der Waals surface area contributed by atoms with E-state index in [1.165, 1.54) is 0 Å². The molecule has 1 saturated heterocycles. The van der Waals surface area contributed by atoms with Gasteiger partial charge in [-0.3, -0.25) is 14.6 Å². The smallest absolute Gasteiger partial charge is 0.338 e. The van der Waals surface area contributed by atoms with Crippen LogP contribution in [0.2, 0.25) is 0 Å². The fourth-order valence-corrected chi connectivity index (χ4v) is 4.60. The van der Waals surface area contributed by atoms with Gasteiger partial charge >= 0.3 is 12.0 Å². The van der Waals surface area contributed by atoms with Crippen molar-refractivity contribution < 1.29 is 19.1 Å². The molecule has 3 amide bonds. The van der Waals surface area contributed by atoms with E-state index < -0.39 is 12.0 Å². The van der Waals surface area contributed by atoms with E-state index in [2.05, 4.69) is 10.2 Å². The average molecular weight is 457 g/mol. The van der Waals surface area contributed by atoms with Gasteiger partial charge in [-0.05, 0) is 26.3 Å². The minimum absolute atomic E-state index is 0.0404. The summed E-state index contributed by atoms with van der Waals surface area (Å²) >= 11 is 0. The molecular weight excluding hydrogens is 420 g/mol. The quantitative estimate of drug-likeness (QED) is 0.638. The first-order valence-electron chi connectivity index (χ1n) is 11.8. The van der Waals surface area contributed by atoms with E-state index in [4.69, 9.17) is 4.74 Å². The molecule has 33 heavy (non-hydrogen) atoms. The van der Waals surface area contributed by atoms with Gasteiger partial charge in [0.05, 0.1) is 18.2 Å². The third-order valence-corrected chi connectivity index (χ3v) is 6.24. The second-order valence-corrected chi connectivity index (χ2v) is 8.89. The van der Waals surface area contributed by atoms with Crippen molar-refractivity contribution in [2.45, 2.75) is 46.7 Å². The minimum atomic E-state index is -0.572. The summed E-state index contributed by atoms with van der Waals surface area (Å²) in [5.41, 5.74) is 1.98. The van der Waals surface area contributed by atoms with Crippen molar-refractivity contribution in [1.29, 1.82) is 0 Å². The predicted octanol–water partition coefficient (Wildman–Crippen LogP) is 2.78. The van der Waals surface area contributed by atoms with E-state index in [0.29, 0.717) is 44.0 Å². The molecular formula is C25H36N4O4. The summed E-state index contributed by atoms with van der Waals surface area (Å²) in [5.74, 6) is -0.298. The van der Waals surface area contributed by atoms with Gasteiger partial charge in [0.1, 0.15) is 0 Å². The number of piperazine rings is 1. The van der Waals surface area contributed by atoms with E-state index in [1.54, 1.807) is 11.8 Å². The Morgan fingerprint density at radius 3 is 2.42 bits per heavy atom. The molecule has 0 saturated carbocycles. The van der Waals surface area contributed by atoms with E-state index in [1.807, 2.05) is 62.9 Å². The number of rotatable bonds is 7. The summed E-state index contributed by atoms with van der Waals surface area (Å²) in [6, 6.07) is 8.75. The summed E-state index contributed by atoms with van der Waals surface area (Å²) in [4.78, 5) is 44.5. The Kier molecular flexibility index (Phi) is 8.13. The van der Waals surface area contributed by atoms with E-state index >= 15 is 0 Å². The molecule has 0 spiro atoms.